The van der Waals surface area contributed by atoms with E-state index in [0.717, 1.165) is 31.1 Å². The van der Waals surface area contributed by atoms with Crippen LogP contribution < -0.4 is 0 Å². The first-order chi connectivity index (χ1) is 9.58. The Morgan fingerprint density at radius 2 is 2.30 bits per heavy atom. The maximum Gasteiger partial charge on any atom is 0.328 e. The van der Waals surface area contributed by atoms with Gasteiger partial charge in [0.05, 0.1) is 0 Å². The fourth-order valence-corrected chi connectivity index (χ4v) is 2.44. The molecule has 1 saturated heterocycles. The Morgan fingerprint density at radius 1 is 1.50 bits per heavy atom. The van der Waals surface area contributed by atoms with Crippen LogP contribution in [0.5, 0.6) is 0 Å². The fraction of sp³-hybridized carbons (Fsp3) is 0.400. The summed E-state index contributed by atoms with van der Waals surface area (Å²) < 4.78 is 13.6. The molecule has 5 heteroatoms. The summed E-state index contributed by atoms with van der Waals surface area (Å²) in [6.07, 6.45) is 3.17. The zero-order valence-corrected chi connectivity index (χ0v) is 11.1. The van der Waals surface area contributed by atoms with Gasteiger partial charge in [-0.25, -0.2) is 9.18 Å². The van der Waals surface area contributed by atoms with Gasteiger partial charge in [-0.05, 0) is 42.7 Å². The smallest absolute Gasteiger partial charge is 0.328 e. The molecule has 108 valence electrons. The molecule has 1 atom stereocenters. The summed E-state index contributed by atoms with van der Waals surface area (Å²) in [6.45, 7) is 2.65. The molecule has 2 N–H and O–H groups in total. The Morgan fingerprint density at radius 3 is 2.95 bits per heavy atom. The first-order valence-electron chi connectivity index (χ1n) is 6.61. The number of carboxylic acid groups (broad SMARTS) is 1. The largest absolute Gasteiger partial charge is 0.478 e. The highest BCUT2D eigenvalue weighted by molar-refractivity contribution is 5.85. The van der Waals surface area contributed by atoms with Crippen molar-refractivity contribution < 1.29 is 19.4 Å². The SMILES string of the molecule is O=C(O)/C=C/c1cc(CN2CCC(CO)C2)ccc1F. The molecular weight excluding hydrogens is 261 g/mol. The number of likely N-dealkylation sites (tertiary alicyclic amines) is 1. The number of hydrogen-bond acceptors (Lipinski definition) is 3. The van der Waals surface area contributed by atoms with Crippen molar-refractivity contribution in [3.63, 3.8) is 0 Å². The lowest BCUT2D eigenvalue weighted by atomic mass is 10.1. The third-order valence-corrected chi connectivity index (χ3v) is 3.50. The molecule has 1 aliphatic rings. The van der Waals surface area contributed by atoms with E-state index in [9.17, 15) is 9.18 Å². The normalized spacial score (nSPS) is 19.8. The van der Waals surface area contributed by atoms with Gasteiger partial charge < -0.3 is 10.2 Å². The molecule has 0 aliphatic carbocycles. The number of aliphatic hydroxyl groups excluding tert-OH is 1. The molecule has 1 aliphatic heterocycles. The summed E-state index contributed by atoms with van der Waals surface area (Å²) in [6, 6.07) is 4.73. The van der Waals surface area contributed by atoms with Crippen molar-refractivity contribution in [1.29, 1.82) is 0 Å². The van der Waals surface area contributed by atoms with E-state index in [4.69, 9.17) is 10.2 Å². The van der Waals surface area contributed by atoms with E-state index in [0.29, 0.717) is 12.5 Å². The van der Waals surface area contributed by atoms with Crippen molar-refractivity contribution in [2.45, 2.75) is 13.0 Å². The van der Waals surface area contributed by atoms with Crippen molar-refractivity contribution in [2.24, 2.45) is 5.92 Å². The summed E-state index contributed by atoms with van der Waals surface area (Å²) in [5.41, 5.74) is 1.22. The molecule has 0 aromatic heterocycles. The quantitative estimate of drug-likeness (QED) is 0.806. The van der Waals surface area contributed by atoms with Gasteiger partial charge >= 0.3 is 5.97 Å². The Hall–Kier alpha value is -1.72. The maximum atomic E-state index is 13.6. The molecule has 0 radical (unpaired) electrons. The fourth-order valence-electron chi connectivity index (χ4n) is 2.44. The molecule has 1 aromatic rings. The highest BCUT2D eigenvalue weighted by Crippen LogP contribution is 2.20. The Balaban J connectivity index is 2.06. The average Bonchev–Trinajstić information content (AvgIpc) is 2.87. The van der Waals surface area contributed by atoms with E-state index in [1.165, 1.54) is 12.1 Å². The lowest BCUT2D eigenvalue weighted by Gasteiger charge is -2.16. The van der Waals surface area contributed by atoms with Crippen LogP contribution in [0, 0.1) is 11.7 Å². The van der Waals surface area contributed by atoms with Crippen LogP contribution in [0.4, 0.5) is 4.39 Å². The van der Waals surface area contributed by atoms with Crippen LogP contribution in [-0.2, 0) is 11.3 Å². The molecule has 1 aromatic carbocycles. The van der Waals surface area contributed by atoms with Crippen molar-refractivity contribution in [2.75, 3.05) is 19.7 Å². The monoisotopic (exact) mass is 279 g/mol. The van der Waals surface area contributed by atoms with Gasteiger partial charge in [0.25, 0.3) is 0 Å². The Labute approximate surface area is 117 Å². The second-order valence-corrected chi connectivity index (χ2v) is 5.10. The zero-order valence-electron chi connectivity index (χ0n) is 11.1. The average molecular weight is 279 g/mol. The van der Waals surface area contributed by atoms with Gasteiger partial charge in [-0.1, -0.05) is 6.07 Å². The van der Waals surface area contributed by atoms with Crippen molar-refractivity contribution in [3.8, 4) is 0 Å². The van der Waals surface area contributed by atoms with E-state index in [1.807, 2.05) is 0 Å². The number of carbonyl (C=O) groups is 1. The Kier molecular flexibility index (Phi) is 4.87. The molecule has 1 unspecified atom stereocenters. The third kappa shape index (κ3) is 3.88. The first-order valence-corrected chi connectivity index (χ1v) is 6.61. The van der Waals surface area contributed by atoms with E-state index < -0.39 is 11.8 Å². The lowest BCUT2D eigenvalue weighted by Crippen LogP contribution is -2.21. The molecule has 1 heterocycles. The van der Waals surface area contributed by atoms with Crippen LogP contribution in [0.25, 0.3) is 6.08 Å². The number of carboxylic acids is 1. The van der Waals surface area contributed by atoms with Crippen molar-refractivity contribution in [1.82, 2.24) is 4.90 Å². The van der Waals surface area contributed by atoms with Gasteiger partial charge in [-0.15, -0.1) is 0 Å². The van der Waals surface area contributed by atoms with Crippen LogP contribution >= 0.6 is 0 Å². The molecule has 0 bridgehead atoms. The summed E-state index contributed by atoms with van der Waals surface area (Å²) in [4.78, 5) is 12.7. The second-order valence-electron chi connectivity index (χ2n) is 5.10. The zero-order chi connectivity index (χ0) is 14.5. The first kappa shape index (κ1) is 14.7. The van der Waals surface area contributed by atoms with Crippen molar-refractivity contribution in [3.05, 3.63) is 41.2 Å². The number of nitrogens with zero attached hydrogens (tertiary/aromatic N) is 1. The van der Waals surface area contributed by atoms with Gasteiger partial charge in [0.1, 0.15) is 5.82 Å². The second kappa shape index (κ2) is 6.63. The van der Waals surface area contributed by atoms with Crippen LogP contribution in [0.15, 0.2) is 24.3 Å². The number of benzene rings is 1. The van der Waals surface area contributed by atoms with Crippen LogP contribution in [0.1, 0.15) is 17.5 Å². The lowest BCUT2D eigenvalue weighted by molar-refractivity contribution is -0.131. The van der Waals surface area contributed by atoms with Gasteiger partial charge in [0.15, 0.2) is 0 Å². The highest BCUT2D eigenvalue weighted by atomic mass is 19.1. The Bertz CT molecular complexity index is 516. The summed E-state index contributed by atoms with van der Waals surface area (Å²) >= 11 is 0. The number of halogens is 1. The van der Waals surface area contributed by atoms with Crippen molar-refractivity contribution >= 4 is 12.0 Å². The van der Waals surface area contributed by atoms with Gasteiger partial charge in [-0.2, -0.15) is 0 Å². The van der Waals surface area contributed by atoms with E-state index in [2.05, 4.69) is 4.90 Å². The third-order valence-electron chi connectivity index (χ3n) is 3.50. The number of aliphatic hydroxyl groups is 1. The minimum absolute atomic E-state index is 0.201. The predicted molar refractivity (Wildman–Crippen MR) is 73.5 cm³/mol. The molecule has 20 heavy (non-hydrogen) atoms. The molecule has 0 saturated carbocycles. The van der Waals surface area contributed by atoms with E-state index in [-0.39, 0.29) is 12.2 Å². The minimum Gasteiger partial charge on any atom is -0.478 e. The highest BCUT2D eigenvalue weighted by Gasteiger charge is 2.21. The molecule has 4 nitrogen and oxygen atoms in total. The number of aliphatic carboxylic acids is 1. The van der Waals surface area contributed by atoms with Gasteiger partial charge in [-0.3, -0.25) is 4.90 Å². The van der Waals surface area contributed by atoms with E-state index in [1.54, 1.807) is 12.1 Å². The molecule has 0 spiro atoms. The summed E-state index contributed by atoms with van der Waals surface area (Å²) in [5, 5.41) is 17.7. The van der Waals surface area contributed by atoms with Gasteiger partial charge in [0, 0.05) is 31.3 Å². The summed E-state index contributed by atoms with van der Waals surface area (Å²) in [7, 11) is 0. The number of hydrogen-bond donors (Lipinski definition) is 2. The van der Waals surface area contributed by atoms with Crippen LogP contribution in [-0.4, -0.2) is 40.8 Å². The molecular formula is C15H18FNO3. The van der Waals surface area contributed by atoms with E-state index >= 15 is 0 Å². The van der Waals surface area contributed by atoms with Gasteiger partial charge in [0.2, 0.25) is 0 Å². The summed E-state index contributed by atoms with van der Waals surface area (Å²) in [5.74, 6) is -1.21. The number of rotatable bonds is 5. The predicted octanol–water partition coefficient (Wildman–Crippen LogP) is 1.74. The molecule has 0 amide bonds. The maximum absolute atomic E-state index is 13.6. The topological polar surface area (TPSA) is 60.8 Å². The van der Waals surface area contributed by atoms with Crippen LogP contribution in [0.2, 0.25) is 0 Å². The molecule has 1 fully saturated rings. The minimum atomic E-state index is -1.10. The van der Waals surface area contributed by atoms with Crippen LogP contribution in [0.3, 0.4) is 0 Å². The molecule has 2 rings (SSSR count). The standard InChI is InChI=1S/C15H18FNO3/c16-14-3-1-11(7-13(14)2-4-15(19)20)8-17-6-5-12(9-17)10-18/h1-4,7,12,18H,5-6,8-10H2,(H,19,20)/b4-2+.